The fourth-order valence-corrected chi connectivity index (χ4v) is 0. The third-order valence-corrected chi connectivity index (χ3v) is 0. The van der Waals surface area contributed by atoms with E-state index in [1.807, 2.05) is 26.0 Å². The summed E-state index contributed by atoms with van der Waals surface area (Å²) in [5.74, 6) is 0. The van der Waals surface area contributed by atoms with Crippen molar-refractivity contribution in [1.82, 2.24) is 4.90 Å². The summed E-state index contributed by atoms with van der Waals surface area (Å²) >= 11 is 0. The van der Waals surface area contributed by atoms with Gasteiger partial charge in [-0.2, -0.15) is 0 Å². The molecule has 0 aliphatic rings. The van der Waals surface area contributed by atoms with Crippen LogP contribution in [0.4, 0.5) is 0 Å². The summed E-state index contributed by atoms with van der Waals surface area (Å²) in [4.78, 5) is 2.00. The largest absolute Gasteiger partial charge is 1.00 e. The van der Waals surface area contributed by atoms with Gasteiger partial charge in [0.05, 0.1) is 0 Å². The molecular formula is C3H10KN. The molecule has 0 bridgehead atoms. The summed E-state index contributed by atoms with van der Waals surface area (Å²) in [5, 5.41) is 0. The van der Waals surface area contributed by atoms with Crippen molar-refractivity contribution in [2.45, 2.75) is 0 Å². The Kier molecular flexibility index (Phi) is 10.9. The van der Waals surface area contributed by atoms with Gasteiger partial charge in [0.1, 0.15) is 0 Å². The van der Waals surface area contributed by atoms with Gasteiger partial charge in [0.25, 0.3) is 0 Å². The molecule has 0 heterocycles. The number of rotatable bonds is 0. The van der Waals surface area contributed by atoms with E-state index in [0.717, 1.165) is 0 Å². The topological polar surface area (TPSA) is 3.24 Å². The predicted molar refractivity (Wildman–Crippen MR) is 20.7 cm³/mol. The molecule has 0 fully saturated rings. The van der Waals surface area contributed by atoms with Crippen molar-refractivity contribution in [3.05, 3.63) is 0 Å². The third kappa shape index (κ3) is 28.4. The van der Waals surface area contributed by atoms with Crippen molar-refractivity contribution in [1.29, 1.82) is 0 Å². The van der Waals surface area contributed by atoms with Crippen LogP contribution >= 0.6 is 0 Å². The molecule has 0 aromatic heterocycles. The van der Waals surface area contributed by atoms with Crippen molar-refractivity contribution >= 4 is 0 Å². The first kappa shape index (κ1) is 9.78. The minimum absolute atomic E-state index is 0. The molecule has 0 atom stereocenters. The molecule has 0 aromatic carbocycles. The van der Waals surface area contributed by atoms with E-state index >= 15 is 0 Å². The number of hydrogen-bond acceptors (Lipinski definition) is 1. The Labute approximate surface area is 77.6 Å². The molecule has 0 spiro atoms. The molecule has 1 nitrogen and oxygen atoms in total. The SMILES string of the molecule is CN(C)C.[H-].[K+]. The molecule has 0 aromatic rings. The molecule has 0 saturated carbocycles. The van der Waals surface area contributed by atoms with Gasteiger partial charge < -0.3 is 6.33 Å². The van der Waals surface area contributed by atoms with E-state index in [1.54, 1.807) is 0 Å². The number of hydrogen-bond donors (Lipinski definition) is 0. The first-order valence-electron chi connectivity index (χ1n) is 1.34. The summed E-state index contributed by atoms with van der Waals surface area (Å²) in [6.45, 7) is 0. The van der Waals surface area contributed by atoms with E-state index < -0.39 is 0 Å². The van der Waals surface area contributed by atoms with E-state index in [0.29, 0.717) is 0 Å². The van der Waals surface area contributed by atoms with E-state index in [2.05, 4.69) is 0 Å². The van der Waals surface area contributed by atoms with Crippen LogP contribution in [0, 0.1) is 0 Å². The van der Waals surface area contributed by atoms with Gasteiger partial charge in [-0.05, 0) is 21.1 Å². The summed E-state index contributed by atoms with van der Waals surface area (Å²) in [7, 11) is 6.00. The van der Waals surface area contributed by atoms with Crippen LogP contribution in [0.5, 0.6) is 0 Å². The summed E-state index contributed by atoms with van der Waals surface area (Å²) in [5.41, 5.74) is 0. The second kappa shape index (κ2) is 5.60. The first-order chi connectivity index (χ1) is 1.73. The van der Waals surface area contributed by atoms with Crippen LogP contribution in [-0.2, 0) is 0 Å². The van der Waals surface area contributed by atoms with E-state index in [-0.39, 0.29) is 52.8 Å². The Balaban J connectivity index is -0.0000000450. The van der Waals surface area contributed by atoms with Crippen molar-refractivity contribution < 1.29 is 52.8 Å². The van der Waals surface area contributed by atoms with Gasteiger partial charge in [-0.3, -0.25) is 0 Å². The van der Waals surface area contributed by atoms with Gasteiger partial charge in [0, 0.05) is 0 Å². The first-order valence-corrected chi connectivity index (χ1v) is 1.34. The molecule has 0 radical (unpaired) electrons. The number of nitrogens with zero attached hydrogens (tertiary/aromatic N) is 1. The summed E-state index contributed by atoms with van der Waals surface area (Å²) < 4.78 is 0. The van der Waals surface area contributed by atoms with Crippen LogP contribution in [0.3, 0.4) is 0 Å². The maximum Gasteiger partial charge on any atom is 1.00 e. The maximum atomic E-state index is 2.00. The molecular weight excluding hydrogens is 89.1 g/mol. The predicted octanol–water partition coefficient (Wildman–Crippen LogP) is -2.71. The van der Waals surface area contributed by atoms with Crippen molar-refractivity contribution in [3.63, 3.8) is 0 Å². The zero-order valence-corrected chi connectivity index (χ0v) is 7.57. The van der Waals surface area contributed by atoms with Gasteiger partial charge in [-0.1, -0.05) is 0 Å². The average Bonchev–Trinajstić information content (AvgIpc) is 0.811. The molecule has 5 heavy (non-hydrogen) atoms. The van der Waals surface area contributed by atoms with Crippen LogP contribution in [0.1, 0.15) is 1.43 Å². The quantitative estimate of drug-likeness (QED) is 0.299. The summed E-state index contributed by atoms with van der Waals surface area (Å²) in [6.07, 6.45) is 0. The smallest absolute Gasteiger partial charge is 1.00 e. The Morgan fingerprint density at radius 1 is 1.20 bits per heavy atom. The maximum absolute atomic E-state index is 2.00. The van der Waals surface area contributed by atoms with Gasteiger partial charge >= 0.3 is 51.4 Å². The second-order valence-electron chi connectivity index (χ2n) is 1.34. The Hall–Kier alpha value is 1.60. The van der Waals surface area contributed by atoms with Crippen molar-refractivity contribution in [2.24, 2.45) is 0 Å². The standard InChI is InChI=1S/C3H9N.K.H/c1-4(2)3;;/h1-3H3;;/q;+1;-1. The Bertz CT molecular complexity index is 15.5. The molecule has 0 amide bonds. The average molecular weight is 99.2 g/mol. The van der Waals surface area contributed by atoms with Gasteiger partial charge in [-0.25, -0.2) is 0 Å². The van der Waals surface area contributed by atoms with Crippen LogP contribution < -0.4 is 51.4 Å². The second-order valence-corrected chi connectivity index (χ2v) is 1.34. The molecule has 0 saturated heterocycles. The molecule has 28 valence electrons. The van der Waals surface area contributed by atoms with Gasteiger partial charge in [0.2, 0.25) is 0 Å². The van der Waals surface area contributed by atoms with E-state index in [9.17, 15) is 0 Å². The van der Waals surface area contributed by atoms with Crippen LogP contribution in [0.15, 0.2) is 0 Å². The Morgan fingerprint density at radius 3 is 1.20 bits per heavy atom. The monoisotopic (exact) mass is 99.0 g/mol. The molecule has 0 aliphatic carbocycles. The van der Waals surface area contributed by atoms with Gasteiger partial charge in [0.15, 0.2) is 0 Å². The molecule has 0 aliphatic heterocycles. The third-order valence-electron chi connectivity index (χ3n) is 0. The molecule has 0 N–H and O–H groups in total. The zero-order chi connectivity index (χ0) is 3.58. The van der Waals surface area contributed by atoms with Crippen LogP contribution in [0.2, 0.25) is 0 Å². The normalized spacial score (nSPS) is 7.20. The van der Waals surface area contributed by atoms with Gasteiger partial charge in [-0.15, -0.1) is 0 Å². The van der Waals surface area contributed by atoms with Crippen molar-refractivity contribution in [2.75, 3.05) is 21.1 Å². The minimum atomic E-state index is 0. The summed E-state index contributed by atoms with van der Waals surface area (Å²) in [6, 6.07) is 0. The van der Waals surface area contributed by atoms with Crippen molar-refractivity contribution in [3.8, 4) is 0 Å². The van der Waals surface area contributed by atoms with Crippen LogP contribution in [0.25, 0.3) is 0 Å². The fraction of sp³-hybridized carbons (Fsp3) is 1.00. The Morgan fingerprint density at radius 2 is 1.20 bits per heavy atom. The molecule has 0 rings (SSSR count). The molecule has 2 heteroatoms. The van der Waals surface area contributed by atoms with Crippen LogP contribution in [-0.4, -0.2) is 26.0 Å². The van der Waals surface area contributed by atoms with E-state index in [4.69, 9.17) is 0 Å². The molecule has 0 unspecified atom stereocenters. The fourth-order valence-electron chi connectivity index (χ4n) is 0. The minimum Gasteiger partial charge on any atom is -1.00 e. The zero-order valence-electron chi connectivity index (χ0n) is 5.45. The van der Waals surface area contributed by atoms with E-state index in [1.165, 1.54) is 0 Å².